The lowest BCUT2D eigenvalue weighted by Gasteiger charge is -2.18. The second-order valence-electron chi connectivity index (χ2n) is 4.23. The van der Waals surface area contributed by atoms with Gasteiger partial charge in [-0.1, -0.05) is 32.8 Å². The average molecular weight is 236 g/mol. The van der Waals surface area contributed by atoms with Crippen LogP contribution in [0.15, 0.2) is 24.3 Å². The number of anilines is 1. The van der Waals surface area contributed by atoms with Crippen LogP contribution in [-0.2, 0) is 0 Å². The van der Waals surface area contributed by atoms with E-state index in [0.717, 1.165) is 31.4 Å². The third-order valence-corrected chi connectivity index (χ3v) is 2.70. The summed E-state index contributed by atoms with van der Waals surface area (Å²) in [7, 11) is 0. The molecule has 0 aliphatic carbocycles. The van der Waals surface area contributed by atoms with E-state index < -0.39 is 0 Å². The first kappa shape index (κ1) is 13.5. The Balaban J connectivity index is 2.71. The highest BCUT2D eigenvalue weighted by atomic mass is 16.6. The zero-order valence-electron chi connectivity index (χ0n) is 10.5. The molecule has 0 spiro atoms. The molecule has 0 aromatic heterocycles. The third-order valence-electron chi connectivity index (χ3n) is 2.70. The van der Waals surface area contributed by atoms with Gasteiger partial charge in [-0.05, 0) is 18.9 Å². The fourth-order valence-electron chi connectivity index (χ4n) is 1.93. The molecule has 4 nitrogen and oxygen atoms in total. The first-order chi connectivity index (χ1) is 8.17. The quantitative estimate of drug-likeness (QED) is 0.575. The molecule has 0 bridgehead atoms. The molecule has 0 saturated carbocycles. The first-order valence-electron chi connectivity index (χ1n) is 6.18. The molecular weight excluding hydrogens is 216 g/mol. The standard InChI is InChI=1S/C13H20N2O2/c1-3-6-11(7-4-2)14-12-8-5-9-13(10-12)15(16)17/h5,8-11,14H,3-4,6-7H2,1-2H3. The minimum Gasteiger partial charge on any atom is -0.382 e. The van der Waals surface area contributed by atoms with E-state index in [-0.39, 0.29) is 10.6 Å². The van der Waals surface area contributed by atoms with Gasteiger partial charge in [0.05, 0.1) is 4.92 Å². The first-order valence-corrected chi connectivity index (χ1v) is 6.18. The summed E-state index contributed by atoms with van der Waals surface area (Å²) in [6, 6.07) is 7.12. The van der Waals surface area contributed by atoms with Crippen molar-refractivity contribution in [2.75, 3.05) is 5.32 Å². The molecule has 0 atom stereocenters. The van der Waals surface area contributed by atoms with E-state index in [1.807, 2.05) is 6.07 Å². The third kappa shape index (κ3) is 4.43. The normalized spacial score (nSPS) is 10.5. The predicted octanol–water partition coefficient (Wildman–Crippen LogP) is 3.98. The van der Waals surface area contributed by atoms with Gasteiger partial charge < -0.3 is 5.32 Å². The predicted molar refractivity (Wildman–Crippen MR) is 70.3 cm³/mol. The summed E-state index contributed by atoms with van der Waals surface area (Å²) >= 11 is 0. The van der Waals surface area contributed by atoms with Gasteiger partial charge in [0.15, 0.2) is 0 Å². The van der Waals surface area contributed by atoms with Gasteiger partial charge >= 0.3 is 0 Å². The Labute approximate surface area is 102 Å². The van der Waals surface area contributed by atoms with Crippen molar-refractivity contribution < 1.29 is 4.92 Å². The Hall–Kier alpha value is -1.58. The van der Waals surface area contributed by atoms with Crippen LogP contribution in [0.3, 0.4) is 0 Å². The van der Waals surface area contributed by atoms with Crippen molar-refractivity contribution >= 4 is 11.4 Å². The SMILES string of the molecule is CCCC(CCC)Nc1cccc([N+](=O)[O-])c1. The van der Waals surface area contributed by atoms with Gasteiger partial charge in [-0.25, -0.2) is 0 Å². The van der Waals surface area contributed by atoms with Crippen molar-refractivity contribution in [3.63, 3.8) is 0 Å². The van der Waals surface area contributed by atoms with Gasteiger partial charge in [-0.3, -0.25) is 10.1 Å². The van der Waals surface area contributed by atoms with Gasteiger partial charge in [0.1, 0.15) is 0 Å². The fraction of sp³-hybridized carbons (Fsp3) is 0.538. The van der Waals surface area contributed by atoms with Crippen LogP contribution in [0.5, 0.6) is 0 Å². The minimum absolute atomic E-state index is 0.141. The van der Waals surface area contributed by atoms with Crippen molar-refractivity contribution in [1.29, 1.82) is 0 Å². The summed E-state index contributed by atoms with van der Waals surface area (Å²) in [5, 5.41) is 14.0. The molecule has 0 fully saturated rings. The van der Waals surface area contributed by atoms with Crippen molar-refractivity contribution in [3.05, 3.63) is 34.4 Å². The highest BCUT2D eigenvalue weighted by Gasteiger charge is 2.09. The van der Waals surface area contributed by atoms with Gasteiger partial charge in [-0.15, -0.1) is 0 Å². The van der Waals surface area contributed by atoms with E-state index in [1.165, 1.54) is 6.07 Å². The number of hydrogen-bond acceptors (Lipinski definition) is 3. The molecule has 0 amide bonds. The second-order valence-corrected chi connectivity index (χ2v) is 4.23. The molecule has 0 aliphatic rings. The van der Waals surface area contributed by atoms with Crippen LogP contribution in [-0.4, -0.2) is 11.0 Å². The molecule has 1 aromatic rings. The molecule has 0 radical (unpaired) electrons. The maximum Gasteiger partial charge on any atom is 0.271 e. The van der Waals surface area contributed by atoms with Crippen LogP contribution in [0.2, 0.25) is 0 Å². The van der Waals surface area contributed by atoms with Crippen molar-refractivity contribution in [3.8, 4) is 0 Å². The van der Waals surface area contributed by atoms with Crippen molar-refractivity contribution in [2.24, 2.45) is 0 Å². The molecule has 0 aliphatic heterocycles. The molecule has 1 aromatic carbocycles. The van der Waals surface area contributed by atoms with Crippen LogP contribution in [0.25, 0.3) is 0 Å². The number of rotatable bonds is 7. The Morgan fingerprint density at radius 1 is 1.29 bits per heavy atom. The second kappa shape index (κ2) is 6.89. The van der Waals surface area contributed by atoms with E-state index in [0.29, 0.717) is 6.04 Å². The summed E-state index contributed by atoms with van der Waals surface area (Å²) in [6.45, 7) is 4.30. The van der Waals surface area contributed by atoms with Crippen molar-refractivity contribution in [2.45, 2.75) is 45.6 Å². The number of nitro groups is 1. The molecule has 0 saturated heterocycles. The van der Waals surface area contributed by atoms with Crippen LogP contribution in [0.4, 0.5) is 11.4 Å². The maximum absolute atomic E-state index is 10.7. The molecule has 1 N–H and O–H groups in total. The Kier molecular flexibility index (Phi) is 5.46. The number of benzene rings is 1. The highest BCUT2D eigenvalue weighted by Crippen LogP contribution is 2.19. The summed E-state index contributed by atoms with van der Waals surface area (Å²) in [5.74, 6) is 0. The van der Waals surface area contributed by atoms with Gasteiger partial charge in [0, 0.05) is 23.9 Å². The van der Waals surface area contributed by atoms with E-state index in [2.05, 4.69) is 19.2 Å². The fourth-order valence-corrected chi connectivity index (χ4v) is 1.93. The molecule has 17 heavy (non-hydrogen) atoms. The van der Waals surface area contributed by atoms with Gasteiger partial charge in [-0.2, -0.15) is 0 Å². The Morgan fingerprint density at radius 3 is 2.47 bits per heavy atom. The number of nitro benzene ring substituents is 1. The molecular formula is C13H20N2O2. The molecule has 0 unspecified atom stereocenters. The number of nitrogens with zero attached hydrogens (tertiary/aromatic N) is 1. The van der Waals surface area contributed by atoms with E-state index in [1.54, 1.807) is 12.1 Å². The van der Waals surface area contributed by atoms with Crippen LogP contribution < -0.4 is 5.32 Å². The van der Waals surface area contributed by atoms with Crippen LogP contribution in [0, 0.1) is 10.1 Å². The lowest BCUT2D eigenvalue weighted by atomic mass is 10.1. The van der Waals surface area contributed by atoms with Crippen molar-refractivity contribution in [1.82, 2.24) is 0 Å². The molecule has 94 valence electrons. The van der Waals surface area contributed by atoms with Gasteiger partial charge in [0.25, 0.3) is 5.69 Å². The molecule has 1 rings (SSSR count). The minimum atomic E-state index is -0.361. The summed E-state index contributed by atoms with van der Waals surface area (Å²) in [4.78, 5) is 10.3. The lowest BCUT2D eigenvalue weighted by molar-refractivity contribution is -0.384. The van der Waals surface area contributed by atoms with E-state index >= 15 is 0 Å². The van der Waals surface area contributed by atoms with E-state index in [9.17, 15) is 10.1 Å². The maximum atomic E-state index is 10.7. The molecule has 0 heterocycles. The summed E-state index contributed by atoms with van der Waals surface area (Å²) in [5.41, 5.74) is 0.979. The summed E-state index contributed by atoms with van der Waals surface area (Å²) in [6.07, 6.45) is 4.42. The zero-order chi connectivity index (χ0) is 12.7. The number of non-ortho nitro benzene ring substituents is 1. The lowest BCUT2D eigenvalue weighted by Crippen LogP contribution is -2.18. The number of nitrogens with one attached hydrogen (secondary N) is 1. The largest absolute Gasteiger partial charge is 0.382 e. The zero-order valence-corrected chi connectivity index (χ0v) is 10.5. The van der Waals surface area contributed by atoms with Crippen LogP contribution in [0.1, 0.15) is 39.5 Å². The average Bonchev–Trinajstić information content (AvgIpc) is 2.30. The Bertz CT molecular complexity index is 360. The van der Waals surface area contributed by atoms with Gasteiger partial charge in [0.2, 0.25) is 0 Å². The van der Waals surface area contributed by atoms with E-state index in [4.69, 9.17) is 0 Å². The topological polar surface area (TPSA) is 55.2 Å². The smallest absolute Gasteiger partial charge is 0.271 e. The van der Waals surface area contributed by atoms with Crippen LogP contribution >= 0.6 is 0 Å². The summed E-state index contributed by atoms with van der Waals surface area (Å²) < 4.78 is 0. The Morgan fingerprint density at radius 2 is 1.94 bits per heavy atom. The monoisotopic (exact) mass is 236 g/mol. The highest BCUT2D eigenvalue weighted by molar-refractivity contribution is 5.51. The number of hydrogen-bond donors (Lipinski definition) is 1. The molecule has 4 heteroatoms.